The Bertz CT molecular complexity index is 421. The Morgan fingerprint density at radius 2 is 1.96 bits per heavy atom. The van der Waals surface area contributed by atoms with Crippen LogP contribution in [-0.4, -0.2) is 89.1 Å². The van der Waals surface area contributed by atoms with Gasteiger partial charge in [-0.25, -0.2) is 0 Å². The average molecular weight is 384 g/mol. The van der Waals surface area contributed by atoms with Gasteiger partial charge in [0, 0.05) is 51.3 Å². The predicted octanol–water partition coefficient (Wildman–Crippen LogP) is -0.987. The topological polar surface area (TPSA) is 84.6 Å². The lowest BCUT2D eigenvalue weighted by Crippen LogP contribution is -2.69. The van der Waals surface area contributed by atoms with Crippen molar-refractivity contribution in [2.75, 3.05) is 53.4 Å². The highest BCUT2D eigenvalue weighted by Gasteiger charge is 2.32. The molecule has 0 aromatic rings. The van der Waals surface area contributed by atoms with E-state index in [4.69, 9.17) is 4.74 Å². The molecule has 0 spiro atoms. The second-order valence-electron chi connectivity index (χ2n) is 8.42. The Labute approximate surface area is 164 Å². The van der Waals surface area contributed by atoms with Crippen LogP contribution in [0.25, 0.3) is 0 Å². The Morgan fingerprint density at radius 1 is 1.15 bits per heavy atom. The van der Waals surface area contributed by atoms with Crippen molar-refractivity contribution >= 4 is 0 Å². The molecule has 158 valence electrons. The van der Waals surface area contributed by atoms with Crippen LogP contribution in [0, 0.1) is 5.92 Å². The Hall–Kier alpha value is -0.320. The standard InChI is InChI=1S/C19H41N7O/c1-14-10-17(20-2)25-19(23-14)24-16-11-15(18(27-3)22-13-16)12-21-6-9-26-7-4-5-8-26/h14-25H,4-13H2,1-3H3. The molecular weight excluding hydrogens is 342 g/mol. The summed E-state index contributed by atoms with van der Waals surface area (Å²) >= 11 is 0. The van der Waals surface area contributed by atoms with Gasteiger partial charge in [0.1, 0.15) is 12.5 Å². The molecule has 0 aliphatic carbocycles. The van der Waals surface area contributed by atoms with E-state index in [-0.39, 0.29) is 12.5 Å². The van der Waals surface area contributed by atoms with Gasteiger partial charge in [0.25, 0.3) is 0 Å². The van der Waals surface area contributed by atoms with Crippen molar-refractivity contribution in [3.63, 3.8) is 0 Å². The van der Waals surface area contributed by atoms with Crippen LogP contribution in [0.5, 0.6) is 0 Å². The smallest absolute Gasteiger partial charge is 0.113 e. The zero-order chi connectivity index (χ0) is 19.1. The quantitative estimate of drug-likeness (QED) is 0.283. The molecule has 3 aliphatic rings. The highest BCUT2D eigenvalue weighted by atomic mass is 16.5. The molecule has 8 heteroatoms. The minimum atomic E-state index is 0.138. The van der Waals surface area contributed by atoms with E-state index in [0.29, 0.717) is 24.2 Å². The molecule has 27 heavy (non-hydrogen) atoms. The lowest BCUT2D eigenvalue weighted by Gasteiger charge is -2.42. The first kappa shape index (κ1) is 21.4. The van der Waals surface area contributed by atoms with E-state index in [1.54, 1.807) is 0 Å². The first-order chi connectivity index (χ1) is 13.2. The van der Waals surface area contributed by atoms with Crippen LogP contribution in [0.4, 0.5) is 0 Å². The minimum Gasteiger partial charge on any atom is -0.366 e. The average Bonchev–Trinajstić information content (AvgIpc) is 3.18. The van der Waals surface area contributed by atoms with E-state index >= 15 is 0 Å². The third-order valence-electron chi connectivity index (χ3n) is 6.20. The zero-order valence-electron chi connectivity index (χ0n) is 17.4. The molecule has 3 rings (SSSR count). The molecule has 6 N–H and O–H groups in total. The maximum absolute atomic E-state index is 5.69. The number of methoxy groups -OCH3 is 1. The largest absolute Gasteiger partial charge is 0.366 e. The van der Waals surface area contributed by atoms with Gasteiger partial charge in [-0.2, -0.15) is 0 Å². The first-order valence-corrected chi connectivity index (χ1v) is 10.8. The molecule has 0 bridgehead atoms. The highest BCUT2D eigenvalue weighted by molar-refractivity contribution is 4.89. The second-order valence-corrected chi connectivity index (χ2v) is 8.42. The molecule has 0 radical (unpaired) electrons. The number of rotatable bonds is 9. The van der Waals surface area contributed by atoms with Crippen molar-refractivity contribution in [2.45, 2.75) is 63.4 Å². The molecule has 0 amide bonds. The molecule has 3 saturated heterocycles. The Kier molecular flexibility index (Phi) is 8.73. The molecule has 3 heterocycles. The van der Waals surface area contributed by atoms with Crippen LogP contribution in [0.15, 0.2) is 0 Å². The third kappa shape index (κ3) is 6.61. The molecular formula is C19H41N7O. The summed E-state index contributed by atoms with van der Waals surface area (Å²) in [4.78, 5) is 2.56. The van der Waals surface area contributed by atoms with Gasteiger partial charge in [0.2, 0.25) is 0 Å². The van der Waals surface area contributed by atoms with Crippen LogP contribution in [0.2, 0.25) is 0 Å². The van der Waals surface area contributed by atoms with Crippen molar-refractivity contribution in [1.82, 2.24) is 36.8 Å². The maximum Gasteiger partial charge on any atom is 0.113 e. The van der Waals surface area contributed by atoms with E-state index in [1.807, 2.05) is 14.2 Å². The summed E-state index contributed by atoms with van der Waals surface area (Å²) in [5.74, 6) is 0.473. The molecule has 8 nitrogen and oxygen atoms in total. The fourth-order valence-electron chi connectivity index (χ4n) is 4.68. The SMILES string of the molecule is CNC1CC(C)NC(NC2CNC(OC)C(CNCCN3CCCC3)C2)N1. The second kappa shape index (κ2) is 11.0. The van der Waals surface area contributed by atoms with E-state index < -0.39 is 0 Å². The van der Waals surface area contributed by atoms with Gasteiger partial charge in [0.15, 0.2) is 0 Å². The number of piperidine rings is 1. The first-order valence-electron chi connectivity index (χ1n) is 10.8. The zero-order valence-corrected chi connectivity index (χ0v) is 17.4. The number of nitrogens with one attached hydrogen (secondary N) is 6. The summed E-state index contributed by atoms with van der Waals surface area (Å²) in [6.07, 6.45) is 5.56. The molecule has 6 unspecified atom stereocenters. The molecule has 0 aromatic heterocycles. The number of hydrogen-bond donors (Lipinski definition) is 6. The summed E-state index contributed by atoms with van der Waals surface area (Å²) < 4.78 is 5.69. The normalized spacial score (nSPS) is 38.3. The van der Waals surface area contributed by atoms with E-state index in [9.17, 15) is 0 Å². The number of ether oxygens (including phenoxy) is 1. The lowest BCUT2D eigenvalue weighted by atomic mass is 9.93. The fraction of sp³-hybridized carbons (Fsp3) is 1.00. The Balaban J connectivity index is 1.41. The van der Waals surface area contributed by atoms with Gasteiger partial charge in [-0.15, -0.1) is 0 Å². The lowest BCUT2D eigenvalue weighted by molar-refractivity contribution is -0.00505. The summed E-state index contributed by atoms with van der Waals surface area (Å²) in [7, 11) is 3.83. The van der Waals surface area contributed by atoms with Crippen LogP contribution in [-0.2, 0) is 4.74 Å². The van der Waals surface area contributed by atoms with Crippen LogP contribution in [0.1, 0.15) is 32.6 Å². The Morgan fingerprint density at radius 3 is 2.70 bits per heavy atom. The van der Waals surface area contributed by atoms with E-state index in [2.05, 4.69) is 43.7 Å². The minimum absolute atomic E-state index is 0.138. The third-order valence-corrected chi connectivity index (χ3v) is 6.20. The summed E-state index contributed by atoms with van der Waals surface area (Å²) in [6.45, 7) is 8.95. The van der Waals surface area contributed by atoms with Gasteiger partial charge in [-0.1, -0.05) is 0 Å². The summed E-state index contributed by atoms with van der Waals surface area (Å²) in [5.41, 5.74) is 0. The van der Waals surface area contributed by atoms with Crippen molar-refractivity contribution in [3.05, 3.63) is 0 Å². The van der Waals surface area contributed by atoms with Gasteiger partial charge >= 0.3 is 0 Å². The maximum atomic E-state index is 5.69. The van der Waals surface area contributed by atoms with Gasteiger partial charge in [0.05, 0.1) is 6.17 Å². The molecule has 3 aliphatic heterocycles. The highest BCUT2D eigenvalue weighted by Crippen LogP contribution is 2.18. The van der Waals surface area contributed by atoms with Crippen molar-refractivity contribution in [2.24, 2.45) is 5.92 Å². The van der Waals surface area contributed by atoms with Crippen molar-refractivity contribution < 1.29 is 4.74 Å². The fourth-order valence-corrected chi connectivity index (χ4v) is 4.68. The molecule has 6 atom stereocenters. The van der Waals surface area contributed by atoms with Gasteiger partial charge < -0.3 is 20.3 Å². The summed E-state index contributed by atoms with van der Waals surface area (Å²) in [5, 5.41) is 21.5. The number of hydrogen-bond acceptors (Lipinski definition) is 8. The number of nitrogens with zero attached hydrogens (tertiary/aromatic N) is 1. The summed E-state index contributed by atoms with van der Waals surface area (Å²) in [6, 6.07) is 0.919. The van der Waals surface area contributed by atoms with Gasteiger partial charge in [-0.05, 0) is 52.7 Å². The van der Waals surface area contributed by atoms with Crippen LogP contribution < -0.4 is 31.9 Å². The molecule has 3 fully saturated rings. The molecule has 0 saturated carbocycles. The molecule has 0 aromatic carbocycles. The van der Waals surface area contributed by atoms with Crippen LogP contribution in [0.3, 0.4) is 0 Å². The van der Waals surface area contributed by atoms with E-state index in [1.165, 1.54) is 32.5 Å². The number of likely N-dealkylation sites (tertiary alicyclic amines) is 1. The van der Waals surface area contributed by atoms with Gasteiger partial charge in [-0.3, -0.25) is 21.3 Å². The van der Waals surface area contributed by atoms with Crippen molar-refractivity contribution in [1.29, 1.82) is 0 Å². The van der Waals surface area contributed by atoms with Crippen LogP contribution >= 0.6 is 0 Å². The van der Waals surface area contributed by atoms with E-state index in [0.717, 1.165) is 32.5 Å². The predicted molar refractivity (Wildman–Crippen MR) is 109 cm³/mol. The van der Waals surface area contributed by atoms with Crippen molar-refractivity contribution in [3.8, 4) is 0 Å². The monoisotopic (exact) mass is 383 g/mol.